The van der Waals surface area contributed by atoms with Crippen LogP contribution in [0.15, 0.2) is 46.2 Å². The van der Waals surface area contributed by atoms with Crippen LogP contribution >= 0.6 is 24.0 Å². The first-order valence-electron chi connectivity index (χ1n) is 12.6. The van der Waals surface area contributed by atoms with E-state index in [4.69, 9.17) is 26.7 Å². The van der Waals surface area contributed by atoms with Gasteiger partial charge >= 0.3 is 0 Å². The predicted molar refractivity (Wildman–Crippen MR) is 157 cm³/mol. The highest BCUT2D eigenvalue weighted by Crippen LogP contribution is 2.34. The number of nitrogens with one attached hydrogen (secondary N) is 1. The second-order valence-corrected chi connectivity index (χ2v) is 10.6. The minimum Gasteiger partial charge on any atom is -0.493 e. The van der Waals surface area contributed by atoms with Crippen LogP contribution in [0.2, 0.25) is 0 Å². The fraction of sp³-hybridized carbons (Fsp3) is 0.357. The minimum absolute atomic E-state index is 0.217. The molecular formula is C28H32N4O4S2. The number of hydrogen-bond acceptors (Lipinski definition) is 8. The molecule has 0 saturated carbocycles. The lowest BCUT2D eigenvalue weighted by atomic mass is 10.1. The number of ether oxygens (including phenoxy) is 2. The summed E-state index contributed by atoms with van der Waals surface area (Å²) in [6.07, 6.45) is 7.04. The Bertz CT molecular complexity index is 1450. The number of carbonyl (C=O) groups is 1. The number of thioether (sulfide) groups is 1. The summed E-state index contributed by atoms with van der Waals surface area (Å²) in [5.41, 5.74) is 2.60. The van der Waals surface area contributed by atoms with Crippen molar-refractivity contribution < 1.29 is 14.3 Å². The third-order valence-corrected chi connectivity index (χ3v) is 7.76. The number of fused-ring (bicyclic) bond motifs is 1. The Morgan fingerprint density at radius 2 is 1.92 bits per heavy atom. The lowest BCUT2D eigenvalue weighted by Crippen LogP contribution is -2.30. The van der Waals surface area contributed by atoms with Gasteiger partial charge in [0.25, 0.3) is 11.5 Å². The Morgan fingerprint density at radius 3 is 2.66 bits per heavy atom. The molecule has 10 heteroatoms. The van der Waals surface area contributed by atoms with E-state index in [1.54, 1.807) is 31.4 Å². The number of anilines is 1. The highest BCUT2D eigenvalue weighted by atomic mass is 32.2. The molecule has 0 atom stereocenters. The van der Waals surface area contributed by atoms with Crippen LogP contribution in [0, 0.1) is 6.92 Å². The average Bonchev–Trinajstić information content (AvgIpc) is 3.19. The number of amides is 1. The summed E-state index contributed by atoms with van der Waals surface area (Å²) in [6, 6.07) is 9.42. The summed E-state index contributed by atoms with van der Waals surface area (Å²) >= 11 is 6.75. The van der Waals surface area contributed by atoms with E-state index in [1.165, 1.54) is 16.2 Å². The van der Waals surface area contributed by atoms with Gasteiger partial charge in [0.2, 0.25) is 0 Å². The van der Waals surface area contributed by atoms with E-state index in [9.17, 15) is 9.59 Å². The molecule has 1 aliphatic rings. The van der Waals surface area contributed by atoms with E-state index < -0.39 is 0 Å². The molecular weight excluding hydrogens is 520 g/mol. The van der Waals surface area contributed by atoms with Crippen LogP contribution in [0.3, 0.4) is 0 Å². The molecule has 4 rings (SSSR count). The van der Waals surface area contributed by atoms with E-state index in [1.807, 2.05) is 37.3 Å². The Balaban J connectivity index is 1.61. The number of benzene rings is 1. The highest BCUT2D eigenvalue weighted by molar-refractivity contribution is 8.26. The first kappa shape index (κ1) is 27.7. The number of carbonyl (C=O) groups excluding carboxylic acids is 1. The van der Waals surface area contributed by atoms with E-state index in [0.717, 1.165) is 30.4 Å². The molecule has 3 heterocycles. The Labute approximate surface area is 232 Å². The van der Waals surface area contributed by atoms with Crippen LogP contribution in [0.25, 0.3) is 11.7 Å². The summed E-state index contributed by atoms with van der Waals surface area (Å²) < 4.78 is 12.7. The number of hydrogen-bond donors (Lipinski definition) is 1. The maximum absolute atomic E-state index is 13.5. The van der Waals surface area contributed by atoms with Gasteiger partial charge in [-0.05, 0) is 55.2 Å². The molecule has 8 nitrogen and oxygen atoms in total. The van der Waals surface area contributed by atoms with Crippen LogP contribution in [0.5, 0.6) is 11.5 Å². The molecule has 0 radical (unpaired) electrons. The fourth-order valence-corrected chi connectivity index (χ4v) is 5.55. The van der Waals surface area contributed by atoms with Crippen molar-refractivity contribution in [2.45, 2.75) is 39.5 Å². The summed E-state index contributed by atoms with van der Waals surface area (Å²) in [5, 5.41) is 3.33. The minimum atomic E-state index is -0.229. The van der Waals surface area contributed by atoms with Gasteiger partial charge in [0, 0.05) is 19.3 Å². The maximum atomic E-state index is 13.5. The molecule has 200 valence electrons. The zero-order valence-electron chi connectivity index (χ0n) is 22.1. The smallest absolute Gasteiger partial charge is 0.267 e. The van der Waals surface area contributed by atoms with Gasteiger partial charge in [0.1, 0.15) is 15.8 Å². The molecule has 1 fully saturated rings. The van der Waals surface area contributed by atoms with E-state index in [-0.39, 0.29) is 11.5 Å². The lowest BCUT2D eigenvalue weighted by Gasteiger charge is -2.15. The van der Waals surface area contributed by atoms with Gasteiger partial charge in [-0.1, -0.05) is 55.9 Å². The van der Waals surface area contributed by atoms with Crippen molar-refractivity contribution >= 4 is 51.7 Å². The van der Waals surface area contributed by atoms with Crippen LogP contribution in [0.1, 0.15) is 42.9 Å². The molecule has 1 saturated heterocycles. The van der Waals surface area contributed by atoms with E-state index >= 15 is 0 Å². The molecule has 1 amide bonds. The van der Waals surface area contributed by atoms with Crippen molar-refractivity contribution in [3.05, 3.63) is 68.5 Å². The molecule has 3 aromatic rings. The van der Waals surface area contributed by atoms with Gasteiger partial charge in [0.15, 0.2) is 11.5 Å². The van der Waals surface area contributed by atoms with Crippen LogP contribution in [0.4, 0.5) is 5.82 Å². The number of thiocarbonyl (C=S) groups is 1. The van der Waals surface area contributed by atoms with Gasteiger partial charge < -0.3 is 14.8 Å². The second kappa shape index (κ2) is 12.4. The van der Waals surface area contributed by atoms with Crippen molar-refractivity contribution in [1.82, 2.24) is 14.3 Å². The Morgan fingerprint density at radius 1 is 1.13 bits per heavy atom. The molecule has 0 aliphatic carbocycles. The largest absolute Gasteiger partial charge is 0.493 e. The first-order valence-corrected chi connectivity index (χ1v) is 13.8. The quantitative estimate of drug-likeness (QED) is 0.201. The molecule has 1 N–H and O–H groups in total. The van der Waals surface area contributed by atoms with Crippen LogP contribution in [-0.2, 0) is 11.2 Å². The summed E-state index contributed by atoms with van der Waals surface area (Å²) in [4.78, 5) is 33.6. The summed E-state index contributed by atoms with van der Waals surface area (Å²) in [7, 11) is 3.18. The maximum Gasteiger partial charge on any atom is 0.267 e. The topological polar surface area (TPSA) is 85.2 Å². The number of aryl methyl sites for hydroxylation is 1. The normalized spacial score (nSPS) is 14.5. The monoisotopic (exact) mass is 552 g/mol. The number of unbranched alkanes of at least 4 members (excludes halogenated alkanes) is 2. The second-order valence-electron chi connectivity index (χ2n) is 8.97. The predicted octanol–water partition coefficient (Wildman–Crippen LogP) is 5.07. The number of nitrogens with zero attached hydrogens (tertiary/aromatic N) is 3. The van der Waals surface area contributed by atoms with Gasteiger partial charge in [-0.3, -0.25) is 18.9 Å². The van der Waals surface area contributed by atoms with Gasteiger partial charge in [0.05, 0.1) is 24.7 Å². The van der Waals surface area contributed by atoms with Crippen molar-refractivity contribution in [2.75, 3.05) is 32.6 Å². The fourth-order valence-electron chi connectivity index (χ4n) is 4.26. The molecule has 38 heavy (non-hydrogen) atoms. The lowest BCUT2D eigenvalue weighted by molar-refractivity contribution is -0.122. The number of rotatable bonds is 11. The van der Waals surface area contributed by atoms with Gasteiger partial charge in [-0.15, -0.1) is 0 Å². The Kier molecular flexibility index (Phi) is 9.06. The van der Waals surface area contributed by atoms with Crippen molar-refractivity contribution in [3.8, 4) is 11.5 Å². The van der Waals surface area contributed by atoms with Crippen molar-refractivity contribution in [3.63, 3.8) is 0 Å². The number of methoxy groups -OCH3 is 2. The molecule has 0 spiro atoms. The molecule has 2 aromatic heterocycles. The van der Waals surface area contributed by atoms with E-state index in [2.05, 4.69) is 12.2 Å². The highest BCUT2D eigenvalue weighted by Gasteiger charge is 2.32. The van der Waals surface area contributed by atoms with Crippen molar-refractivity contribution in [1.29, 1.82) is 0 Å². The van der Waals surface area contributed by atoms with E-state index in [0.29, 0.717) is 57.3 Å². The van der Waals surface area contributed by atoms with Crippen LogP contribution < -0.4 is 20.3 Å². The SMILES string of the molecule is CCCCCNc1nc2c(C)cccn2c(=O)c1/C=C1/SC(=S)N(CCc2ccc(OC)c(OC)c2)C1=O. The Hall–Kier alpha value is -3.37. The number of pyridine rings is 1. The third kappa shape index (κ3) is 5.86. The number of aromatic nitrogens is 2. The zero-order chi connectivity index (χ0) is 27.2. The van der Waals surface area contributed by atoms with Gasteiger partial charge in [-0.2, -0.15) is 0 Å². The van der Waals surface area contributed by atoms with Crippen molar-refractivity contribution in [2.24, 2.45) is 0 Å². The zero-order valence-corrected chi connectivity index (χ0v) is 23.7. The first-order chi connectivity index (χ1) is 18.4. The van der Waals surface area contributed by atoms with Crippen LogP contribution in [-0.4, -0.2) is 51.8 Å². The third-order valence-electron chi connectivity index (χ3n) is 6.38. The molecule has 0 bridgehead atoms. The molecule has 1 aliphatic heterocycles. The van der Waals surface area contributed by atoms with Gasteiger partial charge in [-0.25, -0.2) is 4.98 Å². The summed E-state index contributed by atoms with van der Waals surface area (Å²) in [5.74, 6) is 1.55. The standard InChI is InChI=1S/C28H32N4O4S2/c1-5-6-7-13-29-24-20(26(33)31-14-8-9-18(2)25(31)30-24)17-23-27(34)32(28(37)38-23)15-12-19-10-11-21(35-3)22(16-19)36-4/h8-11,14,16-17,29H,5-7,12-13,15H2,1-4H3/b23-17+. The molecule has 0 unspecified atom stereocenters. The summed E-state index contributed by atoms with van der Waals surface area (Å²) in [6.45, 7) is 5.16. The molecule has 1 aromatic carbocycles. The average molecular weight is 553 g/mol.